The fourth-order valence-electron chi connectivity index (χ4n) is 6.54. The molecule has 9 rings (SSSR count). The van der Waals surface area contributed by atoms with Crippen LogP contribution in [0.1, 0.15) is 0 Å². The minimum atomic E-state index is 0.754. The first-order valence-corrected chi connectivity index (χ1v) is 15.8. The molecular formula is C40H24ClNOS. The second kappa shape index (κ2) is 9.99. The lowest BCUT2D eigenvalue weighted by atomic mass is 9.96. The van der Waals surface area contributed by atoms with Crippen LogP contribution in [0.5, 0.6) is 0 Å². The number of nitrogens with zero attached hydrogens (tertiary/aromatic N) is 1. The third kappa shape index (κ3) is 3.94. The summed E-state index contributed by atoms with van der Waals surface area (Å²) >= 11 is 8.20. The lowest BCUT2D eigenvalue weighted by Crippen LogP contribution is -2.11. The zero-order chi connectivity index (χ0) is 29.2. The summed E-state index contributed by atoms with van der Waals surface area (Å²) in [6, 6.07) is 51.4. The summed E-state index contributed by atoms with van der Waals surface area (Å²) in [6.45, 7) is 0. The van der Waals surface area contributed by atoms with E-state index in [4.69, 9.17) is 16.0 Å². The van der Waals surface area contributed by atoms with Gasteiger partial charge in [-0.2, -0.15) is 0 Å². The molecule has 0 saturated carbocycles. The summed E-state index contributed by atoms with van der Waals surface area (Å²) in [4.78, 5) is 2.36. The maximum absolute atomic E-state index is 6.61. The molecule has 0 bridgehead atoms. The number of anilines is 3. The first kappa shape index (κ1) is 25.4. The predicted molar refractivity (Wildman–Crippen MR) is 189 cm³/mol. The topological polar surface area (TPSA) is 16.4 Å². The fraction of sp³-hybridized carbons (Fsp3) is 0. The monoisotopic (exact) mass is 601 g/mol. The second-order valence-electron chi connectivity index (χ2n) is 11.1. The van der Waals surface area contributed by atoms with Crippen LogP contribution < -0.4 is 4.90 Å². The van der Waals surface area contributed by atoms with Gasteiger partial charge in [-0.1, -0.05) is 109 Å². The number of thiophene rings is 1. The largest absolute Gasteiger partial charge is 0.454 e. The summed E-state index contributed by atoms with van der Waals surface area (Å²) in [6.07, 6.45) is 0. The molecule has 0 N–H and O–H groups in total. The number of hydrogen-bond acceptors (Lipinski definition) is 3. The van der Waals surface area contributed by atoms with Crippen molar-refractivity contribution in [2.24, 2.45) is 0 Å². The Bertz CT molecular complexity index is 2530. The minimum Gasteiger partial charge on any atom is -0.454 e. The molecule has 208 valence electrons. The molecule has 0 amide bonds. The fourth-order valence-corrected chi connectivity index (χ4v) is 7.83. The van der Waals surface area contributed by atoms with Crippen LogP contribution in [0, 0.1) is 0 Å². The molecule has 0 aliphatic carbocycles. The van der Waals surface area contributed by atoms with Crippen LogP contribution in [-0.2, 0) is 0 Å². The molecule has 4 heteroatoms. The lowest BCUT2D eigenvalue weighted by molar-refractivity contribution is 0.669. The van der Waals surface area contributed by atoms with Crippen LogP contribution in [0.25, 0.3) is 64.0 Å². The zero-order valence-electron chi connectivity index (χ0n) is 23.5. The van der Waals surface area contributed by atoms with Gasteiger partial charge in [-0.05, 0) is 65.0 Å². The highest BCUT2D eigenvalue weighted by Gasteiger charge is 2.22. The van der Waals surface area contributed by atoms with Crippen molar-refractivity contribution in [1.82, 2.24) is 0 Å². The van der Waals surface area contributed by atoms with E-state index in [9.17, 15) is 0 Å². The summed E-state index contributed by atoms with van der Waals surface area (Å²) in [7, 11) is 0. The van der Waals surface area contributed by atoms with Crippen LogP contribution >= 0.6 is 22.9 Å². The molecule has 2 aromatic heterocycles. The smallest absolute Gasteiger partial charge is 0.159 e. The molecule has 0 atom stereocenters. The quantitative estimate of drug-likeness (QED) is 0.199. The predicted octanol–water partition coefficient (Wildman–Crippen LogP) is 12.9. The maximum Gasteiger partial charge on any atom is 0.159 e. The molecular weight excluding hydrogens is 578 g/mol. The van der Waals surface area contributed by atoms with E-state index in [1.807, 2.05) is 18.2 Å². The Hall–Kier alpha value is -5.09. The molecule has 0 radical (unpaired) electrons. The molecule has 0 aliphatic heterocycles. The average Bonchev–Trinajstić information content (AvgIpc) is 3.63. The number of hydrogen-bond donors (Lipinski definition) is 0. The maximum atomic E-state index is 6.61. The molecule has 2 heterocycles. The first-order chi connectivity index (χ1) is 21.7. The number of para-hydroxylation sites is 2. The number of halogens is 1. The van der Waals surface area contributed by atoms with E-state index in [1.165, 1.54) is 42.1 Å². The average molecular weight is 602 g/mol. The van der Waals surface area contributed by atoms with Crippen molar-refractivity contribution < 1.29 is 4.42 Å². The zero-order valence-corrected chi connectivity index (χ0v) is 25.1. The molecule has 0 spiro atoms. The first-order valence-electron chi connectivity index (χ1n) is 14.6. The van der Waals surface area contributed by atoms with Crippen molar-refractivity contribution in [2.45, 2.75) is 0 Å². The van der Waals surface area contributed by atoms with Gasteiger partial charge in [0.25, 0.3) is 0 Å². The Balaban J connectivity index is 1.35. The molecule has 2 nitrogen and oxygen atoms in total. The summed E-state index contributed by atoms with van der Waals surface area (Å²) in [5.74, 6) is 0. The number of benzene rings is 7. The van der Waals surface area contributed by atoms with Crippen LogP contribution in [0.3, 0.4) is 0 Å². The van der Waals surface area contributed by atoms with Crippen LogP contribution in [-0.4, -0.2) is 0 Å². The number of fused-ring (bicyclic) bond motifs is 7. The summed E-state index contributed by atoms with van der Waals surface area (Å²) < 4.78 is 9.05. The standard InChI is InChI=1S/C40H24ClNOS/c41-26-17-22-38-34(23-26)32-19-18-27(24-39(32)44-38)42(36-15-8-14-33-31-13-6-7-16-37(31)43-40(33)36)35-21-20-28(25-9-2-1-3-10-25)29-11-4-5-12-30(29)35/h1-24H. The third-order valence-electron chi connectivity index (χ3n) is 8.53. The van der Waals surface area contributed by atoms with E-state index in [0.29, 0.717) is 0 Å². The van der Waals surface area contributed by atoms with Crippen molar-refractivity contribution in [1.29, 1.82) is 0 Å². The third-order valence-corrected chi connectivity index (χ3v) is 9.89. The van der Waals surface area contributed by atoms with Crippen LogP contribution in [0.15, 0.2) is 150 Å². The lowest BCUT2D eigenvalue weighted by Gasteiger charge is -2.27. The molecule has 9 aromatic rings. The van der Waals surface area contributed by atoms with Crippen molar-refractivity contribution >= 4 is 92.9 Å². The van der Waals surface area contributed by atoms with Gasteiger partial charge >= 0.3 is 0 Å². The van der Waals surface area contributed by atoms with E-state index in [0.717, 1.165) is 44.0 Å². The normalized spacial score (nSPS) is 11.8. The number of rotatable bonds is 4. The highest BCUT2D eigenvalue weighted by Crippen LogP contribution is 2.47. The molecule has 0 fully saturated rings. The highest BCUT2D eigenvalue weighted by atomic mass is 35.5. The van der Waals surface area contributed by atoms with Crippen molar-refractivity contribution in [3.63, 3.8) is 0 Å². The summed E-state index contributed by atoms with van der Waals surface area (Å²) in [5.41, 5.74) is 7.33. The number of furan rings is 1. The van der Waals surface area contributed by atoms with Gasteiger partial charge in [0.05, 0.1) is 11.4 Å². The van der Waals surface area contributed by atoms with Crippen molar-refractivity contribution in [3.8, 4) is 11.1 Å². The van der Waals surface area contributed by atoms with Gasteiger partial charge in [-0.15, -0.1) is 11.3 Å². The van der Waals surface area contributed by atoms with Gasteiger partial charge in [0.1, 0.15) is 5.58 Å². The Kier molecular flexibility index (Phi) is 5.77. The molecule has 7 aromatic carbocycles. The Morgan fingerprint density at radius 1 is 0.500 bits per heavy atom. The van der Waals surface area contributed by atoms with Gasteiger partial charge in [0.15, 0.2) is 5.58 Å². The van der Waals surface area contributed by atoms with E-state index in [2.05, 4.69) is 132 Å². The van der Waals surface area contributed by atoms with Gasteiger partial charge in [0.2, 0.25) is 0 Å². The van der Waals surface area contributed by atoms with Gasteiger partial charge in [-0.25, -0.2) is 0 Å². The van der Waals surface area contributed by atoms with Gasteiger partial charge in [-0.3, -0.25) is 0 Å². The Morgan fingerprint density at radius 3 is 2.16 bits per heavy atom. The molecule has 0 saturated heterocycles. The van der Waals surface area contributed by atoms with E-state index in [1.54, 1.807) is 11.3 Å². The van der Waals surface area contributed by atoms with E-state index < -0.39 is 0 Å². The second-order valence-corrected chi connectivity index (χ2v) is 12.6. The Labute approximate surface area is 263 Å². The van der Waals surface area contributed by atoms with Crippen LogP contribution in [0.2, 0.25) is 5.02 Å². The SMILES string of the molecule is Clc1ccc2sc3cc(N(c4ccc(-c5ccccc5)c5ccccc45)c4cccc5c4oc4ccccc45)ccc3c2c1. The van der Waals surface area contributed by atoms with Gasteiger partial charge < -0.3 is 9.32 Å². The van der Waals surface area contributed by atoms with Crippen LogP contribution in [0.4, 0.5) is 17.1 Å². The summed E-state index contributed by atoms with van der Waals surface area (Å²) in [5, 5.41) is 7.75. The Morgan fingerprint density at radius 2 is 1.27 bits per heavy atom. The van der Waals surface area contributed by atoms with E-state index in [-0.39, 0.29) is 0 Å². The molecule has 44 heavy (non-hydrogen) atoms. The molecule has 0 aliphatic rings. The van der Waals surface area contributed by atoms with Gasteiger partial charge in [0, 0.05) is 47.0 Å². The van der Waals surface area contributed by atoms with Crippen molar-refractivity contribution in [3.05, 3.63) is 151 Å². The van der Waals surface area contributed by atoms with E-state index >= 15 is 0 Å². The minimum absolute atomic E-state index is 0.754. The highest BCUT2D eigenvalue weighted by molar-refractivity contribution is 7.25. The van der Waals surface area contributed by atoms with Crippen molar-refractivity contribution in [2.75, 3.05) is 4.90 Å². The molecule has 0 unspecified atom stereocenters.